The molecule has 2 rings (SSSR count). The molecule has 1 aliphatic rings. The fourth-order valence-electron chi connectivity index (χ4n) is 1.99. The first-order valence-corrected chi connectivity index (χ1v) is 7.47. The molecule has 0 aliphatic heterocycles. The van der Waals surface area contributed by atoms with Crippen molar-refractivity contribution in [1.82, 2.24) is 4.90 Å². The predicted octanol–water partition coefficient (Wildman–Crippen LogP) is 4.10. The van der Waals surface area contributed by atoms with Gasteiger partial charge in [0.05, 0.1) is 5.41 Å². The predicted molar refractivity (Wildman–Crippen MR) is 79.5 cm³/mol. The molecule has 0 spiro atoms. The fraction of sp³-hybridized carbons (Fsp3) is 0.533. The molecule has 19 heavy (non-hydrogen) atoms. The Kier molecular flexibility index (Phi) is 4.42. The molecule has 2 nitrogen and oxygen atoms in total. The van der Waals surface area contributed by atoms with E-state index in [9.17, 15) is 4.79 Å². The van der Waals surface area contributed by atoms with Gasteiger partial charge in [0.1, 0.15) is 0 Å². The highest BCUT2D eigenvalue weighted by Crippen LogP contribution is 2.33. The Morgan fingerprint density at radius 1 is 1.32 bits per heavy atom. The Labute approximate surface area is 124 Å². The number of carbonyl (C=O) groups excluding carboxylic acids is 1. The Morgan fingerprint density at radius 3 is 2.37 bits per heavy atom. The first kappa shape index (κ1) is 14.7. The summed E-state index contributed by atoms with van der Waals surface area (Å²) >= 11 is 11.8. The third-order valence-electron chi connectivity index (χ3n) is 3.43. The molecule has 0 aromatic heterocycles. The third kappa shape index (κ3) is 3.64. The zero-order valence-corrected chi connectivity index (χ0v) is 12.8. The van der Waals surface area contributed by atoms with Crippen LogP contribution in [-0.4, -0.2) is 22.7 Å². The second-order valence-electron chi connectivity index (χ2n) is 5.81. The van der Waals surface area contributed by atoms with Gasteiger partial charge in [0.25, 0.3) is 0 Å². The van der Waals surface area contributed by atoms with E-state index in [2.05, 4.69) is 0 Å². The Morgan fingerprint density at radius 2 is 1.89 bits per heavy atom. The molecule has 0 unspecified atom stereocenters. The molecule has 1 aromatic carbocycles. The van der Waals surface area contributed by atoms with Crippen LogP contribution < -0.4 is 0 Å². The minimum absolute atomic E-state index is 0.139. The van der Waals surface area contributed by atoms with Gasteiger partial charge in [-0.3, -0.25) is 4.79 Å². The van der Waals surface area contributed by atoms with Crippen molar-refractivity contribution in [3.63, 3.8) is 0 Å². The number of rotatable bonds is 5. The molecule has 0 atom stereocenters. The lowest BCUT2D eigenvalue weighted by Gasteiger charge is -2.31. The summed E-state index contributed by atoms with van der Waals surface area (Å²) in [6.07, 6.45) is 2.19. The molecule has 104 valence electrons. The van der Waals surface area contributed by atoms with Gasteiger partial charge in [-0.25, -0.2) is 0 Å². The van der Waals surface area contributed by atoms with Gasteiger partial charge in [-0.05, 0) is 44.4 Å². The summed E-state index contributed by atoms with van der Waals surface area (Å²) < 4.78 is 0. The van der Waals surface area contributed by atoms with Crippen LogP contribution in [0.25, 0.3) is 0 Å². The average molecular weight is 300 g/mol. The molecule has 1 aromatic rings. The van der Waals surface area contributed by atoms with Crippen molar-refractivity contribution < 1.29 is 4.79 Å². The van der Waals surface area contributed by atoms with Gasteiger partial charge < -0.3 is 4.90 Å². The molecular formula is C15H19Cl2NO. The molecule has 0 N–H and O–H groups in total. The van der Waals surface area contributed by atoms with Crippen LogP contribution in [0.1, 0.15) is 32.3 Å². The maximum atomic E-state index is 12.6. The molecule has 0 heterocycles. The monoisotopic (exact) mass is 299 g/mol. The summed E-state index contributed by atoms with van der Waals surface area (Å²) in [5, 5.41) is 0.717. The van der Waals surface area contributed by atoms with Crippen molar-refractivity contribution in [3.8, 4) is 0 Å². The second kappa shape index (κ2) is 5.72. The van der Waals surface area contributed by atoms with Crippen molar-refractivity contribution in [1.29, 1.82) is 0 Å². The summed E-state index contributed by atoms with van der Waals surface area (Å²) in [5.41, 5.74) is 0.603. The van der Waals surface area contributed by atoms with Crippen LogP contribution in [-0.2, 0) is 11.3 Å². The van der Waals surface area contributed by atoms with Crippen molar-refractivity contribution in [3.05, 3.63) is 34.9 Å². The molecule has 0 bridgehead atoms. The van der Waals surface area contributed by atoms with E-state index in [0.29, 0.717) is 23.5 Å². The molecule has 1 fully saturated rings. The van der Waals surface area contributed by atoms with E-state index in [1.807, 2.05) is 43.0 Å². The van der Waals surface area contributed by atoms with E-state index >= 15 is 0 Å². The van der Waals surface area contributed by atoms with Crippen LogP contribution in [0.2, 0.25) is 5.02 Å². The van der Waals surface area contributed by atoms with E-state index in [0.717, 1.165) is 18.4 Å². The lowest BCUT2D eigenvalue weighted by Crippen LogP contribution is -2.42. The number of halogens is 2. The number of carbonyl (C=O) groups is 1. The van der Waals surface area contributed by atoms with Crippen molar-refractivity contribution in [2.45, 2.75) is 39.3 Å². The first-order chi connectivity index (χ1) is 8.94. The normalized spacial score (nSPS) is 15.4. The van der Waals surface area contributed by atoms with E-state index in [1.165, 1.54) is 0 Å². The van der Waals surface area contributed by atoms with Gasteiger partial charge in [0, 0.05) is 23.5 Å². The van der Waals surface area contributed by atoms with Gasteiger partial charge in [-0.15, -0.1) is 11.6 Å². The Balaban J connectivity index is 2.13. The van der Waals surface area contributed by atoms with E-state index in [1.54, 1.807) is 0 Å². The molecule has 1 amide bonds. The number of nitrogens with zero attached hydrogens (tertiary/aromatic N) is 1. The maximum Gasteiger partial charge on any atom is 0.229 e. The summed E-state index contributed by atoms with van der Waals surface area (Å²) in [4.78, 5) is 14.5. The zero-order valence-electron chi connectivity index (χ0n) is 11.3. The summed E-state index contributed by atoms with van der Waals surface area (Å²) in [7, 11) is 0. The summed E-state index contributed by atoms with van der Waals surface area (Å²) in [6, 6.07) is 8.04. The highest BCUT2D eigenvalue weighted by Gasteiger charge is 2.39. The Bertz CT molecular complexity index is 452. The quantitative estimate of drug-likeness (QED) is 0.750. The standard InChI is InChI=1S/C15H19Cl2NO/c1-15(2,10-16)14(19)18(13-7-8-13)9-11-3-5-12(17)6-4-11/h3-6,13H,7-10H2,1-2H3. The van der Waals surface area contributed by atoms with Crippen molar-refractivity contribution >= 4 is 29.1 Å². The fourth-order valence-corrected chi connectivity index (χ4v) is 2.23. The minimum atomic E-state index is -0.503. The van der Waals surface area contributed by atoms with Crippen LogP contribution in [0, 0.1) is 5.41 Å². The van der Waals surface area contributed by atoms with Crippen LogP contribution in [0.5, 0.6) is 0 Å². The second-order valence-corrected chi connectivity index (χ2v) is 6.51. The molecule has 1 saturated carbocycles. The van der Waals surface area contributed by atoms with Gasteiger partial charge in [0.15, 0.2) is 0 Å². The van der Waals surface area contributed by atoms with Gasteiger partial charge in [-0.1, -0.05) is 23.7 Å². The topological polar surface area (TPSA) is 20.3 Å². The number of hydrogen-bond donors (Lipinski definition) is 0. The first-order valence-electron chi connectivity index (χ1n) is 6.55. The molecule has 1 aliphatic carbocycles. The van der Waals surface area contributed by atoms with Crippen LogP contribution in [0.4, 0.5) is 0 Å². The Hall–Kier alpha value is -0.730. The lowest BCUT2D eigenvalue weighted by molar-refractivity contribution is -0.140. The van der Waals surface area contributed by atoms with E-state index in [4.69, 9.17) is 23.2 Å². The summed E-state index contributed by atoms with van der Waals surface area (Å²) in [5.74, 6) is 0.482. The third-order valence-corrected chi connectivity index (χ3v) is 4.35. The number of benzene rings is 1. The molecule has 0 saturated heterocycles. The summed E-state index contributed by atoms with van der Waals surface area (Å²) in [6.45, 7) is 4.44. The van der Waals surface area contributed by atoms with Crippen molar-refractivity contribution in [2.75, 3.05) is 5.88 Å². The molecule has 0 radical (unpaired) electrons. The minimum Gasteiger partial charge on any atom is -0.335 e. The van der Waals surface area contributed by atoms with Crippen molar-refractivity contribution in [2.24, 2.45) is 5.41 Å². The van der Waals surface area contributed by atoms with Gasteiger partial charge in [0.2, 0.25) is 5.91 Å². The zero-order chi connectivity index (χ0) is 14.0. The average Bonchev–Trinajstić information content (AvgIpc) is 3.21. The largest absolute Gasteiger partial charge is 0.335 e. The van der Waals surface area contributed by atoms with E-state index in [-0.39, 0.29) is 5.91 Å². The highest BCUT2D eigenvalue weighted by molar-refractivity contribution is 6.30. The number of alkyl halides is 1. The molecule has 4 heteroatoms. The smallest absolute Gasteiger partial charge is 0.229 e. The van der Waals surface area contributed by atoms with Gasteiger partial charge in [-0.2, -0.15) is 0 Å². The number of hydrogen-bond acceptors (Lipinski definition) is 1. The highest BCUT2D eigenvalue weighted by atomic mass is 35.5. The maximum absolute atomic E-state index is 12.6. The van der Waals surface area contributed by atoms with Crippen LogP contribution >= 0.6 is 23.2 Å². The van der Waals surface area contributed by atoms with Crippen LogP contribution in [0.3, 0.4) is 0 Å². The van der Waals surface area contributed by atoms with Gasteiger partial charge >= 0.3 is 0 Å². The molecular weight excluding hydrogens is 281 g/mol. The van der Waals surface area contributed by atoms with Crippen LogP contribution in [0.15, 0.2) is 24.3 Å². The lowest BCUT2D eigenvalue weighted by atomic mass is 9.94. The van der Waals surface area contributed by atoms with E-state index < -0.39 is 5.41 Å². The number of amides is 1. The SMILES string of the molecule is CC(C)(CCl)C(=O)N(Cc1ccc(Cl)cc1)C1CC1.